The summed E-state index contributed by atoms with van der Waals surface area (Å²) in [6.45, 7) is -5.09. The highest BCUT2D eigenvalue weighted by molar-refractivity contribution is 5.77. The van der Waals surface area contributed by atoms with E-state index in [0.29, 0.717) is 25.7 Å². The molecule has 0 radical (unpaired) electrons. The largest absolute Gasteiger partial charge is 0.469 e. The van der Waals surface area contributed by atoms with Crippen LogP contribution < -0.4 is 0 Å². The van der Waals surface area contributed by atoms with E-state index in [1.807, 2.05) is 0 Å². The van der Waals surface area contributed by atoms with Gasteiger partial charge in [-0.2, -0.15) is 0 Å². The first-order valence-corrected chi connectivity index (χ1v) is 7.50. The lowest BCUT2D eigenvalue weighted by Crippen LogP contribution is -2.62. The van der Waals surface area contributed by atoms with Gasteiger partial charge in [-0.3, -0.25) is 9.59 Å². The Bertz CT molecular complexity index is 625. The lowest BCUT2D eigenvalue weighted by Gasteiger charge is -2.64. The average Bonchev–Trinajstić information content (AvgIpc) is 2.47. The van der Waals surface area contributed by atoms with Crippen LogP contribution in [-0.4, -0.2) is 24.6 Å². The van der Waals surface area contributed by atoms with Crippen LogP contribution >= 0.6 is 0 Å². The zero-order chi connectivity index (χ0) is 20.5. The van der Waals surface area contributed by atoms with Crippen molar-refractivity contribution in [2.75, 3.05) is 7.11 Å². The molecule has 118 valence electrons. The summed E-state index contributed by atoms with van der Waals surface area (Å²) in [7, 11) is 1.29. The third-order valence-electron chi connectivity index (χ3n) is 5.72. The van der Waals surface area contributed by atoms with Crippen molar-refractivity contribution in [2.45, 2.75) is 64.8 Å². The van der Waals surface area contributed by atoms with Gasteiger partial charge in [0.1, 0.15) is 5.60 Å². The number of esters is 2. The number of hydrogen-bond acceptors (Lipinski definition) is 4. The van der Waals surface area contributed by atoms with Crippen LogP contribution in [0.1, 0.15) is 67.4 Å². The van der Waals surface area contributed by atoms with Crippen LogP contribution in [0, 0.1) is 22.7 Å². The highest BCUT2D eigenvalue weighted by Crippen LogP contribution is 2.68. The standard InChI is InChI=1S/C17H26O4/c1-11(18)21-15(2,3)17-8-12-5-13(9-17)7-16(6-12,10-17)14(19)20-4/h12-13H,5-10H2,1-4H3/t12-,13+,16?,17?/i2D3,3D3. The predicted octanol–water partition coefficient (Wildman–Crippen LogP) is 3.09. The molecular formula is C17H26O4. The van der Waals surface area contributed by atoms with E-state index < -0.39 is 42.1 Å². The molecular weight excluding hydrogens is 268 g/mol. The summed E-state index contributed by atoms with van der Waals surface area (Å²) >= 11 is 0. The minimum absolute atomic E-state index is 0.0185. The Morgan fingerprint density at radius 1 is 1.19 bits per heavy atom. The summed E-state index contributed by atoms with van der Waals surface area (Å²) in [6.07, 6.45) is 2.67. The third kappa shape index (κ3) is 2.09. The number of ether oxygens (including phenoxy) is 2. The summed E-state index contributed by atoms with van der Waals surface area (Å²) in [5.41, 5.74) is -4.86. The van der Waals surface area contributed by atoms with Crippen molar-refractivity contribution >= 4 is 11.9 Å². The quantitative estimate of drug-likeness (QED) is 0.752. The predicted molar refractivity (Wildman–Crippen MR) is 77.4 cm³/mol. The number of carbonyl (C=O) groups excluding carboxylic acids is 2. The molecule has 4 heteroatoms. The van der Waals surface area contributed by atoms with Crippen LogP contribution in [0.25, 0.3) is 0 Å². The van der Waals surface area contributed by atoms with E-state index in [2.05, 4.69) is 0 Å². The van der Waals surface area contributed by atoms with E-state index in [-0.39, 0.29) is 18.3 Å². The number of rotatable bonds is 3. The van der Waals surface area contributed by atoms with Gasteiger partial charge in [0.2, 0.25) is 0 Å². The zero-order valence-corrected chi connectivity index (χ0v) is 12.5. The van der Waals surface area contributed by atoms with Crippen LogP contribution in [-0.2, 0) is 19.1 Å². The van der Waals surface area contributed by atoms with Crippen LogP contribution in [0.5, 0.6) is 0 Å². The van der Waals surface area contributed by atoms with Crippen molar-refractivity contribution in [2.24, 2.45) is 22.7 Å². The van der Waals surface area contributed by atoms with Crippen LogP contribution in [0.15, 0.2) is 0 Å². The van der Waals surface area contributed by atoms with Gasteiger partial charge in [-0.1, -0.05) is 0 Å². The van der Waals surface area contributed by atoms with Gasteiger partial charge in [-0.15, -0.1) is 0 Å². The SMILES string of the molecule is [2H]C([2H])([2H])C(OC(C)=O)(C([2H])([2H])[2H])C12C[C@@H]3C[C@@H](CC(C(=O)OC)(C3)C1)C2. The molecule has 0 aliphatic heterocycles. The summed E-state index contributed by atoms with van der Waals surface area (Å²) < 4.78 is 59.0. The van der Waals surface area contributed by atoms with Gasteiger partial charge in [0, 0.05) is 20.6 Å². The second-order valence-electron chi connectivity index (χ2n) is 7.29. The number of carbonyl (C=O) groups is 2. The molecule has 0 aromatic carbocycles. The van der Waals surface area contributed by atoms with E-state index >= 15 is 0 Å². The Balaban J connectivity index is 2.22. The average molecular weight is 300 g/mol. The maximum atomic E-state index is 12.6. The molecule has 4 aliphatic carbocycles. The molecule has 4 aliphatic rings. The summed E-state index contributed by atoms with van der Waals surface area (Å²) in [4.78, 5) is 24.5. The van der Waals surface area contributed by atoms with Gasteiger partial charge in [0.05, 0.1) is 12.5 Å². The lowest BCUT2D eigenvalue weighted by atomic mass is 9.41. The minimum atomic E-state index is -3.06. The number of hydrogen-bond donors (Lipinski definition) is 0. The Morgan fingerprint density at radius 3 is 2.29 bits per heavy atom. The van der Waals surface area contributed by atoms with E-state index in [1.54, 1.807) is 0 Å². The van der Waals surface area contributed by atoms with Crippen molar-refractivity contribution in [3.63, 3.8) is 0 Å². The van der Waals surface area contributed by atoms with Gasteiger partial charge in [-0.05, 0) is 64.1 Å². The Kier molecular flexibility index (Phi) is 1.95. The Labute approximate surface area is 135 Å². The van der Waals surface area contributed by atoms with E-state index in [4.69, 9.17) is 17.7 Å². The smallest absolute Gasteiger partial charge is 0.311 e. The molecule has 4 rings (SSSR count). The fraction of sp³-hybridized carbons (Fsp3) is 0.882. The molecule has 4 saturated carbocycles. The molecule has 4 bridgehead atoms. The molecule has 0 aromatic heterocycles. The molecule has 0 spiro atoms. The fourth-order valence-electron chi connectivity index (χ4n) is 5.45. The monoisotopic (exact) mass is 300 g/mol. The summed E-state index contributed by atoms with van der Waals surface area (Å²) in [5.74, 6) is -1.33. The molecule has 0 aromatic rings. The molecule has 4 fully saturated rings. The highest BCUT2D eigenvalue weighted by Gasteiger charge is 2.65. The Morgan fingerprint density at radius 2 is 1.81 bits per heavy atom. The zero-order valence-electron chi connectivity index (χ0n) is 18.5. The van der Waals surface area contributed by atoms with Crippen molar-refractivity contribution < 1.29 is 27.3 Å². The topological polar surface area (TPSA) is 52.6 Å². The van der Waals surface area contributed by atoms with Crippen LogP contribution in [0.4, 0.5) is 0 Å². The van der Waals surface area contributed by atoms with Gasteiger partial charge in [0.15, 0.2) is 0 Å². The van der Waals surface area contributed by atoms with Gasteiger partial charge in [-0.25, -0.2) is 0 Å². The van der Waals surface area contributed by atoms with Crippen molar-refractivity contribution in [1.29, 1.82) is 0 Å². The van der Waals surface area contributed by atoms with Crippen molar-refractivity contribution in [3.8, 4) is 0 Å². The second-order valence-corrected chi connectivity index (χ2v) is 7.29. The van der Waals surface area contributed by atoms with Crippen molar-refractivity contribution in [1.82, 2.24) is 0 Å². The van der Waals surface area contributed by atoms with Gasteiger partial charge >= 0.3 is 11.9 Å². The van der Waals surface area contributed by atoms with Crippen molar-refractivity contribution in [3.05, 3.63) is 0 Å². The molecule has 0 saturated heterocycles. The summed E-state index contributed by atoms with van der Waals surface area (Å²) in [6, 6.07) is 0. The normalized spacial score (nSPS) is 46.4. The molecule has 2 unspecified atom stereocenters. The molecule has 4 nitrogen and oxygen atoms in total. The lowest BCUT2D eigenvalue weighted by molar-refractivity contribution is -0.219. The minimum Gasteiger partial charge on any atom is -0.469 e. The summed E-state index contributed by atoms with van der Waals surface area (Å²) in [5, 5.41) is 0. The van der Waals surface area contributed by atoms with E-state index in [0.717, 1.165) is 13.3 Å². The molecule has 4 atom stereocenters. The van der Waals surface area contributed by atoms with Crippen LogP contribution in [0.2, 0.25) is 0 Å². The molecule has 0 N–H and O–H groups in total. The molecule has 21 heavy (non-hydrogen) atoms. The van der Waals surface area contributed by atoms with Gasteiger partial charge < -0.3 is 9.47 Å². The van der Waals surface area contributed by atoms with E-state index in [9.17, 15) is 9.59 Å². The van der Waals surface area contributed by atoms with Crippen LogP contribution in [0.3, 0.4) is 0 Å². The van der Waals surface area contributed by atoms with Gasteiger partial charge in [0.25, 0.3) is 0 Å². The first-order chi connectivity index (χ1) is 12.2. The maximum Gasteiger partial charge on any atom is 0.311 e. The maximum absolute atomic E-state index is 12.6. The second kappa shape index (κ2) is 4.47. The third-order valence-corrected chi connectivity index (χ3v) is 5.72. The number of methoxy groups -OCH3 is 1. The molecule has 0 heterocycles. The first-order valence-electron chi connectivity index (χ1n) is 10.5. The van der Waals surface area contributed by atoms with E-state index in [1.165, 1.54) is 7.11 Å². The Hall–Kier alpha value is -1.06. The fourth-order valence-corrected chi connectivity index (χ4v) is 5.45. The first kappa shape index (κ1) is 9.16. The molecule has 0 amide bonds. The highest BCUT2D eigenvalue weighted by atomic mass is 16.6.